The van der Waals surface area contributed by atoms with Crippen LogP contribution >= 0.6 is 0 Å². The minimum Gasteiger partial charge on any atom is -0.454 e. The van der Waals surface area contributed by atoms with E-state index in [1.807, 2.05) is 30.3 Å². The lowest BCUT2D eigenvalue weighted by atomic mass is 10.3. The topological polar surface area (TPSA) is 60.2 Å². The molecule has 22 heavy (non-hydrogen) atoms. The van der Waals surface area contributed by atoms with Crippen LogP contribution in [-0.4, -0.2) is 4.98 Å². The average Bonchev–Trinajstić information content (AvgIpc) is 2.52. The van der Waals surface area contributed by atoms with E-state index < -0.39 is 5.82 Å². The molecule has 3 aromatic rings. The predicted octanol–water partition coefficient (Wildman–Crippen LogP) is 4.34. The first-order chi connectivity index (χ1) is 10.7. The number of ether oxygens (including phenoxy) is 1. The minimum atomic E-state index is -0.505. The summed E-state index contributed by atoms with van der Waals surface area (Å²) in [6.07, 6.45) is 1.59. The van der Waals surface area contributed by atoms with Gasteiger partial charge in [-0.1, -0.05) is 18.2 Å². The van der Waals surface area contributed by atoms with Crippen molar-refractivity contribution < 1.29 is 9.13 Å². The van der Waals surface area contributed by atoms with Crippen LogP contribution in [0.15, 0.2) is 66.9 Å². The van der Waals surface area contributed by atoms with Gasteiger partial charge in [0.1, 0.15) is 11.6 Å². The quantitative estimate of drug-likeness (QED) is 0.703. The number of pyridine rings is 1. The van der Waals surface area contributed by atoms with E-state index in [0.717, 1.165) is 5.69 Å². The van der Waals surface area contributed by atoms with Gasteiger partial charge in [0, 0.05) is 29.7 Å². The molecule has 3 N–H and O–H groups in total. The Morgan fingerprint density at radius 1 is 1.00 bits per heavy atom. The van der Waals surface area contributed by atoms with E-state index in [-0.39, 0.29) is 5.75 Å². The van der Waals surface area contributed by atoms with Crippen molar-refractivity contribution in [3.05, 3.63) is 72.7 Å². The normalized spacial score (nSPS) is 10.2. The van der Waals surface area contributed by atoms with Gasteiger partial charge >= 0.3 is 0 Å². The molecule has 4 nitrogen and oxygen atoms in total. The SMILES string of the molecule is Nc1ccc(Oc2ccnc(Nc3ccccc3)c2)c(F)c1. The summed E-state index contributed by atoms with van der Waals surface area (Å²) in [5, 5.41) is 3.15. The minimum absolute atomic E-state index is 0.117. The summed E-state index contributed by atoms with van der Waals surface area (Å²) in [5.41, 5.74) is 6.78. The highest BCUT2D eigenvalue weighted by molar-refractivity contribution is 5.57. The van der Waals surface area contributed by atoms with Crippen LogP contribution in [0.3, 0.4) is 0 Å². The van der Waals surface area contributed by atoms with Gasteiger partial charge in [-0.05, 0) is 30.3 Å². The van der Waals surface area contributed by atoms with Gasteiger partial charge in [-0.15, -0.1) is 0 Å². The Morgan fingerprint density at radius 2 is 1.82 bits per heavy atom. The molecule has 3 rings (SSSR count). The fourth-order valence-corrected chi connectivity index (χ4v) is 1.94. The predicted molar refractivity (Wildman–Crippen MR) is 84.8 cm³/mol. The molecule has 0 aliphatic carbocycles. The molecule has 0 saturated heterocycles. The smallest absolute Gasteiger partial charge is 0.167 e. The lowest BCUT2D eigenvalue weighted by molar-refractivity contribution is 0.442. The second kappa shape index (κ2) is 6.13. The summed E-state index contributed by atoms with van der Waals surface area (Å²) < 4.78 is 19.3. The van der Waals surface area contributed by atoms with E-state index in [9.17, 15) is 4.39 Å². The van der Waals surface area contributed by atoms with Crippen LogP contribution in [0.25, 0.3) is 0 Å². The molecule has 0 aliphatic rings. The van der Waals surface area contributed by atoms with Gasteiger partial charge < -0.3 is 15.8 Å². The first-order valence-corrected chi connectivity index (χ1v) is 6.72. The number of halogens is 1. The van der Waals surface area contributed by atoms with Gasteiger partial charge in [0.05, 0.1) is 0 Å². The van der Waals surface area contributed by atoms with E-state index in [2.05, 4.69) is 10.3 Å². The standard InChI is InChI=1S/C17H14FN3O/c18-15-10-12(19)6-7-16(15)22-14-8-9-20-17(11-14)21-13-4-2-1-3-5-13/h1-11H,19H2,(H,20,21). The van der Waals surface area contributed by atoms with Crippen molar-refractivity contribution in [2.75, 3.05) is 11.1 Å². The Balaban J connectivity index is 1.79. The number of anilines is 3. The maximum absolute atomic E-state index is 13.7. The van der Waals surface area contributed by atoms with Gasteiger partial charge in [0.2, 0.25) is 0 Å². The van der Waals surface area contributed by atoms with E-state index >= 15 is 0 Å². The van der Waals surface area contributed by atoms with Crippen molar-refractivity contribution in [2.24, 2.45) is 0 Å². The maximum atomic E-state index is 13.7. The largest absolute Gasteiger partial charge is 0.454 e. The summed E-state index contributed by atoms with van der Waals surface area (Å²) in [6, 6.07) is 17.3. The third-order valence-corrected chi connectivity index (χ3v) is 2.96. The molecule has 0 unspecified atom stereocenters. The van der Waals surface area contributed by atoms with Crippen molar-refractivity contribution >= 4 is 17.2 Å². The lowest BCUT2D eigenvalue weighted by Crippen LogP contribution is -1.95. The third kappa shape index (κ3) is 3.32. The van der Waals surface area contributed by atoms with E-state index in [1.165, 1.54) is 12.1 Å². The molecule has 0 spiro atoms. The molecular weight excluding hydrogens is 281 g/mol. The fourth-order valence-electron chi connectivity index (χ4n) is 1.94. The first-order valence-electron chi connectivity index (χ1n) is 6.72. The second-order valence-electron chi connectivity index (χ2n) is 4.66. The Labute approximate surface area is 127 Å². The molecule has 0 bridgehead atoms. The Bertz CT molecular complexity index is 778. The van der Waals surface area contributed by atoms with Crippen molar-refractivity contribution in [1.82, 2.24) is 4.98 Å². The number of benzene rings is 2. The highest BCUT2D eigenvalue weighted by Gasteiger charge is 2.06. The van der Waals surface area contributed by atoms with Crippen LogP contribution in [0.5, 0.6) is 11.5 Å². The monoisotopic (exact) mass is 295 g/mol. The second-order valence-corrected chi connectivity index (χ2v) is 4.66. The van der Waals surface area contributed by atoms with Gasteiger partial charge in [-0.25, -0.2) is 9.37 Å². The summed E-state index contributed by atoms with van der Waals surface area (Å²) >= 11 is 0. The number of nitrogens with two attached hydrogens (primary N) is 1. The summed E-state index contributed by atoms with van der Waals surface area (Å²) in [5.74, 6) is 0.706. The van der Waals surface area contributed by atoms with Crippen molar-refractivity contribution in [2.45, 2.75) is 0 Å². The van der Waals surface area contributed by atoms with Crippen LogP contribution in [0.1, 0.15) is 0 Å². The molecule has 0 atom stereocenters. The molecule has 110 valence electrons. The van der Waals surface area contributed by atoms with Gasteiger partial charge in [0.25, 0.3) is 0 Å². The summed E-state index contributed by atoms with van der Waals surface area (Å²) in [4.78, 5) is 4.21. The summed E-state index contributed by atoms with van der Waals surface area (Å²) in [7, 11) is 0. The molecular formula is C17H14FN3O. The van der Waals surface area contributed by atoms with E-state index in [4.69, 9.17) is 10.5 Å². The first kappa shape index (κ1) is 13.9. The maximum Gasteiger partial charge on any atom is 0.167 e. The van der Waals surface area contributed by atoms with Crippen LogP contribution in [0, 0.1) is 5.82 Å². The van der Waals surface area contributed by atoms with Gasteiger partial charge in [-0.3, -0.25) is 0 Å². The van der Waals surface area contributed by atoms with Gasteiger partial charge in [-0.2, -0.15) is 0 Å². The molecule has 0 aliphatic heterocycles. The Morgan fingerprint density at radius 3 is 2.59 bits per heavy atom. The highest BCUT2D eigenvalue weighted by atomic mass is 19.1. The van der Waals surface area contributed by atoms with E-state index in [1.54, 1.807) is 24.4 Å². The van der Waals surface area contributed by atoms with Crippen molar-refractivity contribution in [3.8, 4) is 11.5 Å². The molecule has 1 aromatic heterocycles. The zero-order chi connectivity index (χ0) is 15.4. The number of nitrogens with zero attached hydrogens (tertiary/aromatic N) is 1. The zero-order valence-corrected chi connectivity index (χ0v) is 11.7. The molecule has 0 saturated carbocycles. The van der Waals surface area contributed by atoms with Crippen LogP contribution in [-0.2, 0) is 0 Å². The van der Waals surface area contributed by atoms with Crippen LogP contribution < -0.4 is 15.8 Å². The van der Waals surface area contributed by atoms with Crippen LogP contribution in [0.4, 0.5) is 21.6 Å². The third-order valence-electron chi connectivity index (χ3n) is 2.96. The zero-order valence-electron chi connectivity index (χ0n) is 11.7. The lowest BCUT2D eigenvalue weighted by Gasteiger charge is -2.09. The van der Waals surface area contributed by atoms with Crippen LogP contribution in [0.2, 0.25) is 0 Å². The number of hydrogen-bond acceptors (Lipinski definition) is 4. The van der Waals surface area contributed by atoms with Crippen molar-refractivity contribution in [1.29, 1.82) is 0 Å². The summed E-state index contributed by atoms with van der Waals surface area (Å²) in [6.45, 7) is 0. The fraction of sp³-hybridized carbons (Fsp3) is 0. The average molecular weight is 295 g/mol. The number of para-hydroxylation sites is 1. The Hall–Kier alpha value is -3.08. The number of nitrogens with one attached hydrogen (secondary N) is 1. The van der Waals surface area contributed by atoms with Crippen molar-refractivity contribution in [3.63, 3.8) is 0 Å². The number of nitrogen functional groups attached to an aromatic ring is 1. The van der Waals surface area contributed by atoms with Gasteiger partial charge in [0.15, 0.2) is 11.6 Å². The molecule has 0 fully saturated rings. The van der Waals surface area contributed by atoms with E-state index in [0.29, 0.717) is 17.3 Å². The number of hydrogen-bond donors (Lipinski definition) is 2. The molecule has 5 heteroatoms. The molecule has 2 aromatic carbocycles. The molecule has 0 radical (unpaired) electrons. The Kier molecular flexibility index (Phi) is 3.87. The highest BCUT2D eigenvalue weighted by Crippen LogP contribution is 2.27. The number of aromatic nitrogens is 1. The molecule has 1 heterocycles. The molecule has 0 amide bonds. The number of rotatable bonds is 4.